The van der Waals surface area contributed by atoms with Crippen LogP contribution in [0, 0.1) is 11.6 Å². The molecular formula is C10H6F2O4. The minimum atomic E-state index is -1.34. The highest BCUT2D eigenvalue weighted by atomic mass is 19.2. The van der Waals surface area contributed by atoms with E-state index in [4.69, 9.17) is 5.11 Å². The summed E-state index contributed by atoms with van der Waals surface area (Å²) in [5.74, 6) is -4.54. The molecule has 0 radical (unpaired) electrons. The van der Waals surface area contributed by atoms with Gasteiger partial charge in [0.15, 0.2) is 11.6 Å². The second-order valence-corrected chi connectivity index (χ2v) is 3.36. The monoisotopic (exact) mass is 228 g/mol. The molecule has 0 saturated carbocycles. The van der Waals surface area contributed by atoms with Crippen molar-refractivity contribution in [2.75, 3.05) is 0 Å². The SMILES string of the molecule is O=C1OC(C(=O)O)Cc2cc(F)c(F)cc21. The Morgan fingerprint density at radius 1 is 1.38 bits per heavy atom. The summed E-state index contributed by atoms with van der Waals surface area (Å²) in [4.78, 5) is 21.9. The van der Waals surface area contributed by atoms with Crippen LogP contribution in [0.3, 0.4) is 0 Å². The Morgan fingerprint density at radius 2 is 2.00 bits per heavy atom. The first-order valence-electron chi connectivity index (χ1n) is 4.40. The summed E-state index contributed by atoms with van der Waals surface area (Å²) < 4.78 is 30.3. The molecule has 0 fully saturated rings. The number of carboxylic acids is 1. The summed E-state index contributed by atoms with van der Waals surface area (Å²) in [6.07, 6.45) is -1.50. The number of hydrogen-bond acceptors (Lipinski definition) is 3. The first-order valence-corrected chi connectivity index (χ1v) is 4.40. The second-order valence-electron chi connectivity index (χ2n) is 3.36. The van der Waals surface area contributed by atoms with Crippen LogP contribution in [-0.2, 0) is 16.0 Å². The average molecular weight is 228 g/mol. The lowest BCUT2D eigenvalue weighted by atomic mass is 9.98. The Hall–Kier alpha value is -1.98. The van der Waals surface area contributed by atoms with E-state index in [0.717, 1.165) is 6.07 Å². The molecule has 16 heavy (non-hydrogen) atoms. The van der Waals surface area contributed by atoms with Gasteiger partial charge in [0.05, 0.1) is 5.56 Å². The van der Waals surface area contributed by atoms with Gasteiger partial charge in [-0.1, -0.05) is 0 Å². The molecule has 1 aliphatic rings. The Kier molecular flexibility index (Phi) is 2.34. The van der Waals surface area contributed by atoms with Gasteiger partial charge < -0.3 is 9.84 Å². The number of ether oxygens (including phenoxy) is 1. The predicted octanol–water partition coefficient (Wildman–Crippen LogP) is 1.13. The Labute approximate surface area is 88.4 Å². The number of carbonyl (C=O) groups excluding carboxylic acids is 1. The molecule has 1 unspecified atom stereocenters. The van der Waals surface area contributed by atoms with Crippen molar-refractivity contribution in [2.45, 2.75) is 12.5 Å². The van der Waals surface area contributed by atoms with Crippen molar-refractivity contribution >= 4 is 11.9 Å². The fourth-order valence-corrected chi connectivity index (χ4v) is 1.52. The van der Waals surface area contributed by atoms with Crippen molar-refractivity contribution < 1.29 is 28.2 Å². The number of hydrogen-bond donors (Lipinski definition) is 1. The van der Waals surface area contributed by atoms with Gasteiger partial charge in [-0.3, -0.25) is 0 Å². The lowest BCUT2D eigenvalue weighted by Crippen LogP contribution is -2.34. The molecule has 0 aliphatic carbocycles. The number of carboxylic acid groups (broad SMARTS) is 1. The van der Waals surface area contributed by atoms with Crippen molar-refractivity contribution in [2.24, 2.45) is 0 Å². The van der Waals surface area contributed by atoms with Gasteiger partial charge in [-0.2, -0.15) is 0 Å². The molecule has 84 valence electrons. The largest absolute Gasteiger partial charge is 0.478 e. The van der Waals surface area contributed by atoms with Gasteiger partial charge >= 0.3 is 11.9 Å². The number of benzene rings is 1. The third kappa shape index (κ3) is 1.62. The molecule has 1 aromatic rings. The topological polar surface area (TPSA) is 63.6 Å². The van der Waals surface area contributed by atoms with Crippen molar-refractivity contribution in [3.63, 3.8) is 0 Å². The van der Waals surface area contributed by atoms with E-state index >= 15 is 0 Å². The first kappa shape index (κ1) is 10.5. The fourth-order valence-electron chi connectivity index (χ4n) is 1.52. The lowest BCUT2D eigenvalue weighted by molar-refractivity contribution is -0.147. The molecule has 1 aliphatic heterocycles. The van der Waals surface area contributed by atoms with Crippen molar-refractivity contribution in [3.8, 4) is 0 Å². The summed E-state index contributed by atoms with van der Waals surface area (Å²) in [5.41, 5.74) is 0.0129. The number of carbonyl (C=O) groups is 2. The van der Waals surface area contributed by atoms with Crippen LogP contribution in [0.15, 0.2) is 12.1 Å². The van der Waals surface area contributed by atoms with E-state index in [1.54, 1.807) is 0 Å². The van der Waals surface area contributed by atoms with Crippen LogP contribution in [-0.4, -0.2) is 23.1 Å². The number of fused-ring (bicyclic) bond motifs is 1. The van der Waals surface area contributed by atoms with Gasteiger partial charge in [0.25, 0.3) is 0 Å². The fraction of sp³-hybridized carbons (Fsp3) is 0.200. The Morgan fingerprint density at radius 3 is 2.62 bits per heavy atom. The van der Waals surface area contributed by atoms with Crippen molar-refractivity contribution in [1.82, 2.24) is 0 Å². The molecule has 1 heterocycles. The van der Waals surface area contributed by atoms with Gasteiger partial charge in [0.1, 0.15) is 0 Å². The molecule has 0 amide bonds. The second kappa shape index (κ2) is 3.55. The van der Waals surface area contributed by atoms with E-state index in [2.05, 4.69) is 4.74 Å². The molecule has 1 aromatic carbocycles. The number of rotatable bonds is 1. The Bertz CT molecular complexity index is 484. The summed E-state index contributed by atoms with van der Waals surface area (Å²) in [6.45, 7) is 0. The highest BCUT2D eigenvalue weighted by Gasteiger charge is 2.32. The van der Waals surface area contributed by atoms with Gasteiger partial charge in [0.2, 0.25) is 6.10 Å². The third-order valence-electron chi connectivity index (χ3n) is 2.30. The highest BCUT2D eigenvalue weighted by Crippen LogP contribution is 2.23. The lowest BCUT2D eigenvalue weighted by Gasteiger charge is -2.21. The minimum absolute atomic E-state index is 0.128. The predicted molar refractivity (Wildman–Crippen MR) is 46.9 cm³/mol. The van der Waals surface area contributed by atoms with E-state index in [0.29, 0.717) is 6.07 Å². The maximum Gasteiger partial charge on any atom is 0.345 e. The van der Waals surface area contributed by atoms with E-state index < -0.39 is 29.7 Å². The molecule has 1 atom stereocenters. The number of cyclic esters (lactones) is 1. The van der Waals surface area contributed by atoms with Crippen LogP contribution in [0.2, 0.25) is 0 Å². The van der Waals surface area contributed by atoms with Gasteiger partial charge in [-0.15, -0.1) is 0 Å². The molecule has 2 rings (SSSR count). The van der Waals surface area contributed by atoms with Crippen LogP contribution in [0.5, 0.6) is 0 Å². The summed E-state index contributed by atoms with van der Waals surface area (Å²) in [7, 11) is 0. The standard InChI is InChI=1S/C10H6F2O4/c11-6-1-4-2-8(9(13)14)16-10(15)5(4)3-7(6)12/h1,3,8H,2H2,(H,13,14). The van der Waals surface area contributed by atoms with Crippen LogP contribution < -0.4 is 0 Å². The van der Waals surface area contributed by atoms with Crippen LogP contribution in [0.1, 0.15) is 15.9 Å². The highest BCUT2D eigenvalue weighted by molar-refractivity contribution is 5.94. The molecule has 4 nitrogen and oxygen atoms in total. The van der Waals surface area contributed by atoms with Crippen molar-refractivity contribution in [3.05, 3.63) is 34.9 Å². The summed E-state index contributed by atoms with van der Waals surface area (Å²) in [5, 5.41) is 8.66. The smallest absolute Gasteiger partial charge is 0.345 e. The quantitative estimate of drug-likeness (QED) is 0.732. The number of halogens is 2. The van der Waals surface area contributed by atoms with Crippen LogP contribution in [0.25, 0.3) is 0 Å². The molecule has 0 bridgehead atoms. The normalized spacial score (nSPS) is 18.9. The summed E-state index contributed by atoms with van der Waals surface area (Å²) >= 11 is 0. The van der Waals surface area contributed by atoms with Crippen molar-refractivity contribution in [1.29, 1.82) is 0 Å². The van der Waals surface area contributed by atoms with Crippen LogP contribution >= 0.6 is 0 Å². The summed E-state index contributed by atoms with van der Waals surface area (Å²) in [6, 6.07) is 1.53. The molecular weight excluding hydrogens is 222 g/mol. The number of aliphatic carboxylic acids is 1. The zero-order valence-corrected chi connectivity index (χ0v) is 7.87. The molecule has 6 heteroatoms. The molecule has 0 spiro atoms. The maximum atomic E-state index is 12.9. The molecule has 0 saturated heterocycles. The van der Waals surface area contributed by atoms with Gasteiger partial charge in [-0.05, 0) is 17.7 Å². The van der Waals surface area contributed by atoms with E-state index in [-0.39, 0.29) is 17.5 Å². The van der Waals surface area contributed by atoms with Crippen LogP contribution in [0.4, 0.5) is 8.78 Å². The number of esters is 1. The van der Waals surface area contributed by atoms with E-state index in [1.807, 2.05) is 0 Å². The van der Waals surface area contributed by atoms with E-state index in [9.17, 15) is 18.4 Å². The molecule has 1 N–H and O–H groups in total. The maximum absolute atomic E-state index is 12.9. The van der Waals surface area contributed by atoms with Gasteiger partial charge in [-0.25, -0.2) is 18.4 Å². The minimum Gasteiger partial charge on any atom is -0.478 e. The first-order chi connectivity index (χ1) is 7.49. The molecule has 0 aromatic heterocycles. The zero-order chi connectivity index (χ0) is 11.9. The van der Waals surface area contributed by atoms with Gasteiger partial charge in [0, 0.05) is 6.42 Å². The average Bonchev–Trinajstić information content (AvgIpc) is 2.20. The van der Waals surface area contributed by atoms with E-state index in [1.165, 1.54) is 0 Å². The Balaban J connectivity index is 2.46. The zero-order valence-electron chi connectivity index (χ0n) is 7.87. The third-order valence-corrected chi connectivity index (χ3v) is 2.30.